The molecular formula is C24H26FN5O2. The minimum atomic E-state index is -0.404. The van der Waals surface area contributed by atoms with Gasteiger partial charge in [0, 0.05) is 24.3 Å². The fourth-order valence-corrected chi connectivity index (χ4v) is 4.31. The highest BCUT2D eigenvalue weighted by molar-refractivity contribution is 5.92. The van der Waals surface area contributed by atoms with Gasteiger partial charge in [-0.25, -0.2) is 9.37 Å². The van der Waals surface area contributed by atoms with Crippen molar-refractivity contribution in [2.75, 3.05) is 13.1 Å². The molecule has 3 heterocycles. The number of carbonyl (C=O) groups excluding carboxylic acids is 1. The van der Waals surface area contributed by atoms with Crippen molar-refractivity contribution in [1.82, 2.24) is 25.2 Å². The summed E-state index contributed by atoms with van der Waals surface area (Å²) in [4.78, 5) is 37.3. The molecule has 7 nitrogen and oxygen atoms in total. The smallest absolute Gasteiger partial charge is 0.270 e. The van der Waals surface area contributed by atoms with E-state index in [1.807, 2.05) is 12.3 Å². The number of hydrogen-bond donors (Lipinski definition) is 2. The van der Waals surface area contributed by atoms with Gasteiger partial charge in [-0.05, 0) is 69.3 Å². The maximum absolute atomic E-state index is 15.0. The zero-order valence-electron chi connectivity index (χ0n) is 18.0. The zero-order chi connectivity index (χ0) is 22.2. The molecule has 0 bridgehead atoms. The molecule has 1 aromatic carbocycles. The van der Waals surface area contributed by atoms with Gasteiger partial charge < -0.3 is 10.3 Å². The molecule has 2 fully saturated rings. The topological polar surface area (TPSA) is 91.0 Å². The van der Waals surface area contributed by atoms with E-state index in [1.165, 1.54) is 0 Å². The second-order valence-electron chi connectivity index (χ2n) is 8.86. The van der Waals surface area contributed by atoms with Gasteiger partial charge in [0.15, 0.2) is 5.82 Å². The number of benzene rings is 1. The third kappa shape index (κ3) is 4.27. The van der Waals surface area contributed by atoms with E-state index < -0.39 is 5.82 Å². The summed E-state index contributed by atoms with van der Waals surface area (Å²) in [6.45, 7) is 3.78. The van der Waals surface area contributed by atoms with Crippen LogP contribution in [-0.2, 0) is 6.54 Å². The van der Waals surface area contributed by atoms with Crippen LogP contribution in [0.3, 0.4) is 0 Å². The first-order valence-electron chi connectivity index (χ1n) is 11.1. The van der Waals surface area contributed by atoms with E-state index in [2.05, 4.69) is 25.2 Å². The van der Waals surface area contributed by atoms with Crippen LogP contribution in [0.15, 0.2) is 35.3 Å². The number of H-pyrrole nitrogens is 1. The Hall–Kier alpha value is -3.13. The first kappa shape index (κ1) is 20.8. The summed E-state index contributed by atoms with van der Waals surface area (Å²) >= 11 is 0. The fraction of sp³-hybridized carbons (Fsp3) is 0.417. The van der Waals surface area contributed by atoms with Gasteiger partial charge in [0.05, 0.1) is 5.52 Å². The van der Waals surface area contributed by atoms with Crippen LogP contribution in [0.2, 0.25) is 0 Å². The fourth-order valence-electron chi connectivity index (χ4n) is 4.31. The van der Waals surface area contributed by atoms with Crippen molar-refractivity contribution in [2.24, 2.45) is 0 Å². The Balaban J connectivity index is 1.21. The van der Waals surface area contributed by atoms with Crippen molar-refractivity contribution in [3.8, 4) is 0 Å². The molecular weight excluding hydrogens is 409 g/mol. The number of nitrogens with one attached hydrogen (secondary N) is 2. The van der Waals surface area contributed by atoms with Crippen LogP contribution < -0.4 is 10.9 Å². The predicted octanol–water partition coefficient (Wildman–Crippen LogP) is 3.04. The zero-order valence-corrected chi connectivity index (χ0v) is 18.0. The molecule has 2 aromatic heterocycles. The van der Waals surface area contributed by atoms with Gasteiger partial charge in [0.2, 0.25) is 0 Å². The molecule has 1 amide bonds. The molecule has 32 heavy (non-hydrogen) atoms. The summed E-state index contributed by atoms with van der Waals surface area (Å²) in [6.07, 6.45) is 5.82. The Morgan fingerprint density at radius 2 is 1.97 bits per heavy atom. The molecule has 8 heteroatoms. The molecule has 0 radical (unpaired) electrons. The number of carbonyl (C=O) groups is 1. The van der Waals surface area contributed by atoms with E-state index in [0.29, 0.717) is 41.0 Å². The number of rotatable bonds is 5. The maximum atomic E-state index is 15.0. The molecule has 2 aliphatic rings. The Bertz CT molecular complexity index is 1210. The van der Waals surface area contributed by atoms with Crippen molar-refractivity contribution in [3.63, 3.8) is 0 Å². The quantitative estimate of drug-likeness (QED) is 0.643. The number of piperidine rings is 1. The standard InChI is InChI=1S/C24H26FN5O2/c1-14-23(31)29-22-19(27-14)6-3-17(21(22)25)13-30-10-8-15(9-11-30)16-2-7-20(26-12-16)24(32)28-18-4-5-18/h2-3,6-7,12,15,18H,4-5,8-11,13H2,1H3,(H,28,32)(H,29,31). The molecule has 0 atom stereocenters. The first-order chi connectivity index (χ1) is 15.5. The number of hydrogen-bond acceptors (Lipinski definition) is 5. The van der Waals surface area contributed by atoms with Gasteiger partial charge in [-0.2, -0.15) is 0 Å². The average molecular weight is 436 g/mol. The second kappa shape index (κ2) is 8.43. The Morgan fingerprint density at radius 3 is 2.66 bits per heavy atom. The molecule has 5 rings (SSSR count). The van der Waals surface area contributed by atoms with Crippen molar-refractivity contribution < 1.29 is 9.18 Å². The molecule has 1 saturated heterocycles. The molecule has 1 saturated carbocycles. The molecule has 3 aromatic rings. The van der Waals surface area contributed by atoms with E-state index in [0.717, 1.165) is 44.3 Å². The van der Waals surface area contributed by atoms with E-state index >= 15 is 0 Å². The molecule has 0 spiro atoms. The molecule has 0 unspecified atom stereocenters. The first-order valence-corrected chi connectivity index (χ1v) is 11.1. The number of likely N-dealkylation sites (tertiary alicyclic amines) is 1. The van der Waals surface area contributed by atoms with E-state index in [9.17, 15) is 14.0 Å². The Labute approximate surface area is 185 Å². The highest BCUT2D eigenvalue weighted by Crippen LogP contribution is 2.29. The van der Waals surface area contributed by atoms with Gasteiger partial charge in [0.25, 0.3) is 11.5 Å². The van der Waals surface area contributed by atoms with Crippen LogP contribution in [0.1, 0.15) is 58.9 Å². The lowest BCUT2D eigenvalue weighted by molar-refractivity contribution is 0.0946. The largest absolute Gasteiger partial charge is 0.348 e. The number of aryl methyl sites for hydroxylation is 1. The van der Waals surface area contributed by atoms with Crippen LogP contribution in [0.4, 0.5) is 4.39 Å². The number of halogens is 1. The van der Waals surface area contributed by atoms with Gasteiger partial charge in [-0.3, -0.25) is 19.5 Å². The highest BCUT2D eigenvalue weighted by atomic mass is 19.1. The monoisotopic (exact) mass is 435 g/mol. The van der Waals surface area contributed by atoms with Gasteiger partial charge in [-0.15, -0.1) is 0 Å². The summed E-state index contributed by atoms with van der Waals surface area (Å²) < 4.78 is 15.0. The molecule has 1 aliphatic carbocycles. The SMILES string of the molecule is Cc1nc2ccc(CN3CCC(c4ccc(C(=O)NC5CC5)nc4)CC3)c(F)c2[nH]c1=O. The van der Waals surface area contributed by atoms with Crippen LogP contribution in [0.25, 0.3) is 11.0 Å². The lowest BCUT2D eigenvalue weighted by atomic mass is 9.90. The lowest BCUT2D eigenvalue weighted by Crippen LogP contribution is -2.33. The number of pyridine rings is 1. The number of amides is 1. The minimum absolute atomic E-state index is 0.0991. The summed E-state index contributed by atoms with van der Waals surface area (Å²) in [6, 6.07) is 7.64. The lowest BCUT2D eigenvalue weighted by Gasteiger charge is -2.32. The summed E-state index contributed by atoms with van der Waals surface area (Å²) in [7, 11) is 0. The van der Waals surface area contributed by atoms with Gasteiger partial charge in [-0.1, -0.05) is 12.1 Å². The van der Waals surface area contributed by atoms with Crippen molar-refractivity contribution in [1.29, 1.82) is 0 Å². The van der Waals surface area contributed by atoms with Crippen molar-refractivity contribution >= 4 is 16.9 Å². The summed E-state index contributed by atoms with van der Waals surface area (Å²) in [5.41, 5.74) is 2.77. The molecule has 166 valence electrons. The third-order valence-corrected chi connectivity index (χ3v) is 6.44. The van der Waals surface area contributed by atoms with Crippen LogP contribution in [0, 0.1) is 12.7 Å². The molecule has 2 N–H and O–H groups in total. The third-order valence-electron chi connectivity index (χ3n) is 6.44. The van der Waals surface area contributed by atoms with Crippen molar-refractivity contribution in [2.45, 2.75) is 51.1 Å². The van der Waals surface area contributed by atoms with Crippen LogP contribution >= 0.6 is 0 Å². The van der Waals surface area contributed by atoms with Gasteiger partial charge in [0.1, 0.15) is 16.9 Å². The Kier molecular flexibility index (Phi) is 5.46. The second-order valence-corrected chi connectivity index (χ2v) is 8.86. The van der Waals surface area contributed by atoms with Crippen LogP contribution in [-0.4, -0.2) is 44.9 Å². The van der Waals surface area contributed by atoms with E-state index in [1.54, 1.807) is 25.1 Å². The van der Waals surface area contributed by atoms with E-state index in [-0.39, 0.29) is 17.0 Å². The normalized spacial score (nSPS) is 17.6. The summed E-state index contributed by atoms with van der Waals surface area (Å²) in [5, 5.41) is 2.96. The highest BCUT2D eigenvalue weighted by Gasteiger charge is 2.25. The number of aromatic amines is 1. The van der Waals surface area contributed by atoms with Crippen LogP contribution in [0.5, 0.6) is 0 Å². The number of fused-ring (bicyclic) bond motifs is 1. The predicted molar refractivity (Wildman–Crippen MR) is 119 cm³/mol. The van der Waals surface area contributed by atoms with Crippen molar-refractivity contribution in [3.05, 3.63) is 69.1 Å². The van der Waals surface area contributed by atoms with Gasteiger partial charge >= 0.3 is 0 Å². The number of nitrogens with zero attached hydrogens (tertiary/aromatic N) is 3. The Morgan fingerprint density at radius 1 is 1.19 bits per heavy atom. The minimum Gasteiger partial charge on any atom is -0.348 e. The molecule has 1 aliphatic heterocycles. The van der Waals surface area contributed by atoms with E-state index in [4.69, 9.17) is 0 Å². The number of aromatic nitrogens is 3. The summed E-state index contributed by atoms with van der Waals surface area (Å²) in [5.74, 6) is -0.124. The average Bonchev–Trinajstić information content (AvgIpc) is 3.62. The maximum Gasteiger partial charge on any atom is 0.270 e.